The minimum Gasteiger partial charge on any atom is -0.494 e. The molecule has 1 atom stereocenters. The van der Waals surface area contributed by atoms with Gasteiger partial charge in [-0.1, -0.05) is 27.5 Å². The van der Waals surface area contributed by atoms with Crippen LogP contribution in [-0.4, -0.2) is 37.7 Å². The minimum absolute atomic E-state index is 0.308. The maximum atomic E-state index is 13.4. The zero-order chi connectivity index (χ0) is 21.0. The predicted molar refractivity (Wildman–Crippen MR) is 113 cm³/mol. The standard InChI is InChI=1S/C21H23BrClF3N2O/c1-2-29-19-7-5-15(22)13-17(19)20(28-10-3-8-27-9-11-28)16-12-14(21(24,25)26)4-6-18(16)23/h4-7,12-13,20,27H,2-3,8-11H2,1H3. The van der Waals surface area contributed by atoms with Crippen LogP contribution in [-0.2, 0) is 6.18 Å². The van der Waals surface area contributed by atoms with Gasteiger partial charge in [-0.2, -0.15) is 13.2 Å². The van der Waals surface area contributed by atoms with E-state index in [1.165, 1.54) is 12.1 Å². The van der Waals surface area contributed by atoms with Gasteiger partial charge in [0.05, 0.1) is 18.2 Å². The Labute approximate surface area is 182 Å². The Kier molecular flexibility index (Phi) is 7.48. The lowest BCUT2D eigenvalue weighted by atomic mass is 9.94. The van der Waals surface area contributed by atoms with E-state index < -0.39 is 17.8 Å². The molecule has 0 aromatic heterocycles. The number of hydrogen-bond acceptors (Lipinski definition) is 3. The van der Waals surface area contributed by atoms with Gasteiger partial charge in [0.2, 0.25) is 0 Å². The molecule has 1 heterocycles. The highest BCUT2D eigenvalue weighted by Crippen LogP contribution is 2.41. The van der Waals surface area contributed by atoms with Gasteiger partial charge in [-0.3, -0.25) is 4.90 Å². The van der Waals surface area contributed by atoms with E-state index in [2.05, 4.69) is 26.1 Å². The van der Waals surface area contributed by atoms with Crippen molar-refractivity contribution in [1.29, 1.82) is 0 Å². The highest BCUT2D eigenvalue weighted by atomic mass is 79.9. The van der Waals surface area contributed by atoms with E-state index in [0.717, 1.165) is 42.2 Å². The van der Waals surface area contributed by atoms with Crippen LogP contribution in [0.25, 0.3) is 0 Å². The van der Waals surface area contributed by atoms with E-state index in [9.17, 15) is 13.2 Å². The number of nitrogens with one attached hydrogen (secondary N) is 1. The molecular formula is C21H23BrClF3N2O. The van der Waals surface area contributed by atoms with Crippen molar-refractivity contribution in [2.45, 2.75) is 25.6 Å². The average Bonchev–Trinajstić information content (AvgIpc) is 2.94. The fourth-order valence-corrected chi connectivity index (χ4v) is 4.23. The summed E-state index contributed by atoms with van der Waals surface area (Å²) in [6, 6.07) is 8.69. The smallest absolute Gasteiger partial charge is 0.416 e. The maximum Gasteiger partial charge on any atom is 0.416 e. The van der Waals surface area contributed by atoms with Crippen LogP contribution in [0.4, 0.5) is 13.2 Å². The van der Waals surface area contributed by atoms with Crippen LogP contribution in [0.5, 0.6) is 5.75 Å². The Morgan fingerprint density at radius 3 is 2.66 bits per heavy atom. The van der Waals surface area contributed by atoms with Crippen molar-refractivity contribution in [2.24, 2.45) is 0 Å². The summed E-state index contributed by atoms with van der Waals surface area (Å²) in [5, 5.41) is 3.65. The second-order valence-corrected chi connectivity index (χ2v) is 8.21. The molecule has 1 fully saturated rings. The van der Waals surface area contributed by atoms with Gasteiger partial charge in [0.15, 0.2) is 0 Å². The van der Waals surface area contributed by atoms with Crippen molar-refractivity contribution >= 4 is 27.5 Å². The SMILES string of the molecule is CCOc1ccc(Br)cc1C(c1cc(C(F)(F)F)ccc1Cl)N1CCCNCC1. The molecule has 0 amide bonds. The van der Waals surface area contributed by atoms with E-state index in [1.54, 1.807) is 0 Å². The summed E-state index contributed by atoms with van der Waals surface area (Å²) in [5.41, 5.74) is 0.523. The Balaban J connectivity index is 2.19. The molecule has 1 aliphatic heterocycles. The molecule has 0 aliphatic carbocycles. The average molecular weight is 492 g/mol. The predicted octanol–water partition coefficient (Wildman–Crippen LogP) is 5.90. The number of halogens is 5. The zero-order valence-corrected chi connectivity index (χ0v) is 18.4. The van der Waals surface area contributed by atoms with Gasteiger partial charge < -0.3 is 10.1 Å². The van der Waals surface area contributed by atoms with Crippen LogP contribution < -0.4 is 10.1 Å². The van der Waals surface area contributed by atoms with E-state index in [1.807, 2.05) is 25.1 Å². The Hall–Kier alpha value is -1.28. The van der Waals surface area contributed by atoms with Gasteiger partial charge in [-0.05, 0) is 61.9 Å². The first-order valence-electron chi connectivity index (χ1n) is 9.55. The lowest BCUT2D eigenvalue weighted by Gasteiger charge is -2.33. The summed E-state index contributed by atoms with van der Waals surface area (Å²) in [4.78, 5) is 2.17. The summed E-state index contributed by atoms with van der Waals surface area (Å²) in [7, 11) is 0. The lowest BCUT2D eigenvalue weighted by molar-refractivity contribution is -0.137. The monoisotopic (exact) mass is 490 g/mol. The molecule has 1 unspecified atom stereocenters. The van der Waals surface area contributed by atoms with Gasteiger partial charge in [-0.15, -0.1) is 0 Å². The van der Waals surface area contributed by atoms with E-state index in [4.69, 9.17) is 16.3 Å². The minimum atomic E-state index is -4.44. The summed E-state index contributed by atoms with van der Waals surface area (Å²) >= 11 is 9.95. The third kappa shape index (κ3) is 5.45. The fourth-order valence-electron chi connectivity index (χ4n) is 3.64. The largest absolute Gasteiger partial charge is 0.494 e. The molecule has 158 valence electrons. The molecule has 1 saturated heterocycles. The number of rotatable bonds is 5. The second kappa shape index (κ2) is 9.69. The number of hydrogen-bond donors (Lipinski definition) is 1. The van der Waals surface area contributed by atoms with Crippen LogP contribution in [0.3, 0.4) is 0 Å². The normalized spacial score (nSPS) is 17.0. The molecule has 3 nitrogen and oxygen atoms in total. The van der Waals surface area contributed by atoms with Crippen LogP contribution in [0, 0.1) is 0 Å². The molecule has 29 heavy (non-hydrogen) atoms. The summed E-state index contributed by atoms with van der Waals surface area (Å²) in [5.74, 6) is 0.645. The van der Waals surface area contributed by atoms with E-state index in [0.29, 0.717) is 29.5 Å². The van der Waals surface area contributed by atoms with E-state index >= 15 is 0 Å². The zero-order valence-electron chi connectivity index (χ0n) is 16.0. The first-order valence-corrected chi connectivity index (χ1v) is 10.7. The van der Waals surface area contributed by atoms with Gasteiger partial charge in [-0.25, -0.2) is 0 Å². The van der Waals surface area contributed by atoms with Crippen molar-refractivity contribution in [3.8, 4) is 5.75 Å². The van der Waals surface area contributed by atoms with Crippen LogP contribution in [0.15, 0.2) is 40.9 Å². The van der Waals surface area contributed by atoms with Gasteiger partial charge in [0, 0.05) is 34.7 Å². The fraction of sp³-hybridized carbons (Fsp3) is 0.429. The van der Waals surface area contributed by atoms with Crippen molar-refractivity contribution in [2.75, 3.05) is 32.8 Å². The highest BCUT2D eigenvalue weighted by Gasteiger charge is 2.34. The lowest BCUT2D eigenvalue weighted by Crippen LogP contribution is -2.33. The van der Waals surface area contributed by atoms with Crippen LogP contribution >= 0.6 is 27.5 Å². The topological polar surface area (TPSA) is 24.5 Å². The van der Waals surface area contributed by atoms with Gasteiger partial charge in [0.1, 0.15) is 5.75 Å². The van der Waals surface area contributed by atoms with Crippen molar-refractivity contribution in [1.82, 2.24) is 10.2 Å². The van der Waals surface area contributed by atoms with Gasteiger partial charge in [0.25, 0.3) is 0 Å². The molecular weight excluding hydrogens is 469 g/mol. The summed E-state index contributed by atoms with van der Waals surface area (Å²) in [6.45, 7) is 5.40. The van der Waals surface area contributed by atoms with E-state index in [-0.39, 0.29) is 0 Å². The molecule has 0 radical (unpaired) electrons. The molecule has 1 N–H and O–H groups in total. The third-order valence-electron chi connectivity index (χ3n) is 4.92. The summed E-state index contributed by atoms with van der Waals surface area (Å²) in [6.07, 6.45) is -3.55. The van der Waals surface area contributed by atoms with Crippen LogP contribution in [0.2, 0.25) is 5.02 Å². The Morgan fingerprint density at radius 1 is 1.14 bits per heavy atom. The second-order valence-electron chi connectivity index (χ2n) is 6.89. The number of alkyl halides is 3. The molecule has 3 rings (SSSR count). The molecule has 8 heteroatoms. The molecule has 0 bridgehead atoms. The Bertz CT molecular complexity index is 839. The first kappa shape index (κ1) is 22.4. The number of benzene rings is 2. The van der Waals surface area contributed by atoms with Crippen molar-refractivity contribution in [3.63, 3.8) is 0 Å². The molecule has 2 aromatic carbocycles. The molecule has 1 aliphatic rings. The van der Waals surface area contributed by atoms with Gasteiger partial charge >= 0.3 is 6.18 Å². The quantitative estimate of drug-likeness (QED) is 0.563. The third-order valence-corrected chi connectivity index (χ3v) is 5.76. The van der Waals surface area contributed by atoms with Crippen molar-refractivity contribution in [3.05, 3.63) is 62.6 Å². The first-order chi connectivity index (χ1) is 13.8. The van der Waals surface area contributed by atoms with Crippen molar-refractivity contribution < 1.29 is 17.9 Å². The summed E-state index contributed by atoms with van der Waals surface area (Å²) < 4.78 is 47.0. The molecule has 2 aromatic rings. The number of nitrogens with zero attached hydrogens (tertiary/aromatic N) is 1. The molecule has 0 saturated carbocycles. The maximum absolute atomic E-state index is 13.4. The Morgan fingerprint density at radius 2 is 1.93 bits per heavy atom. The molecule has 0 spiro atoms. The van der Waals surface area contributed by atoms with Crippen LogP contribution in [0.1, 0.15) is 36.1 Å². The number of ether oxygens (including phenoxy) is 1. The highest BCUT2D eigenvalue weighted by molar-refractivity contribution is 9.10.